The molecule has 2 N–H and O–H groups in total. The number of ether oxygens (including phenoxy) is 1. The molecule has 29 heavy (non-hydrogen) atoms. The fraction of sp³-hybridized carbons (Fsp3) is 0.167. The van der Waals surface area contributed by atoms with E-state index in [2.05, 4.69) is 10.6 Å². The molecule has 1 unspecified atom stereocenters. The van der Waals surface area contributed by atoms with Gasteiger partial charge in [0.05, 0.1) is 12.2 Å². The van der Waals surface area contributed by atoms with Crippen molar-refractivity contribution in [1.82, 2.24) is 5.32 Å². The molecule has 0 spiro atoms. The first-order chi connectivity index (χ1) is 14.2. The predicted molar refractivity (Wildman–Crippen MR) is 112 cm³/mol. The smallest absolute Gasteiger partial charge is 0.267 e. The lowest BCUT2D eigenvalue weighted by Gasteiger charge is -2.26. The Balaban J connectivity index is 1.42. The highest BCUT2D eigenvalue weighted by atomic mass is 16.5. The molecule has 0 fully saturated rings. The van der Waals surface area contributed by atoms with Gasteiger partial charge in [0.2, 0.25) is 5.91 Å². The molecule has 0 bridgehead atoms. The van der Waals surface area contributed by atoms with Crippen LogP contribution in [0.4, 0.5) is 5.69 Å². The van der Waals surface area contributed by atoms with Crippen molar-refractivity contribution in [3.05, 3.63) is 96.1 Å². The Morgan fingerprint density at radius 3 is 2.14 bits per heavy atom. The number of rotatable bonds is 6. The normalized spacial score (nSPS) is 15.2. The van der Waals surface area contributed by atoms with Crippen LogP contribution in [-0.4, -0.2) is 24.5 Å². The summed E-state index contributed by atoms with van der Waals surface area (Å²) in [6, 6.07) is 27.2. The van der Waals surface area contributed by atoms with E-state index in [0.717, 1.165) is 11.1 Å². The van der Waals surface area contributed by atoms with Gasteiger partial charge < -0.3 is 15.4 Å². The molecule has 3 aromatic carbocycles. The summed E-state index contributed by atoms with van der Waals surface area (Å²) < 4.78 is 5.74. The van der Waals surface area contributed by atoms with Crippen molar-refractivity contribution in [3.8, 4) is 5.75 Å². The molecule has 1 atom stereocenters. The Morgan fingerprint density at radius 1 is 0.897 bits per heavy atom. The molecule has 0 radical (unpaired) electrons. The number of fused-ring (bicyclic) bond motifs is 1. The number of nitrogens with one attached hydrogen (secondary N) is 2. The van der Waals surface area contributed by atoms with E-state index in [1.54, 1.807) is 12.1 Å². The van der Waals surface area contributed by atoms with Crippen LogP contribution in [0.3, 0.4) is 0 Å². The first-order valence-corrected chi connectivity index (χ1v) is 9.64. The third-order valence-corrected chi connectivity index (χ3v) is 4.98. The summed E-state index contributed by atoms with van der Waals surface area (Å²) in [7, 11) is 0. The van der Waals surface area contributed by atoms with Gasteiger partial charge in [-0.2, -0.15) is 0 Å². The largest absolute Gasteiger partial charge is 0.477 e. The highest BCUT2D eigenvalue weighted by Crippen LogP contribution is 2.29. The van der Waals surface area contributed by atoms with Crippen molar-refractivity contribution in [2.75, 3.05) is 11.9 Å². The van der Waals surface area contributed by atoms with Gasteiger partial charge in [-0.05, 0) is 23.3 Å². The highest BCUT2D eigenvalue weighted by Gasteiger charge is 2.28. The van der Waals surface area contributed by atoms with Crippen molar-refractivity contribution < 1.29 is 14.3 Å². The zero-order valence-corrected chi connectivity index (χ0v) is 15.9. The Labute approximate surface area is 169 Å². The predicted octanol–water partition coefficient (Wildman–Crippen LogP) is 3.72. The van der Waals surface area contributed by atoms with E-state index in [1.807, 2.05) is 72.8 Å². The Bertz CT molecular complexity index is 950. The van der Waals surface area contributed by atoms with Gasteiger partial charge >= 0.3 is 0 Å². The van der Waals surface area contributed by atoms with Gasteiger partial charge in [0, 0.05) is 12.3 Å². The van der Waals surface area contributed by atoms with Gasteiger partial charge in [0.15, 0.2) is 6.10 Å². The number of benzene rings is 3. The summed E-state index contributed by atoms with van der Waals surface area (Å²) >= 11 is 0. The summed E-state index contributed by atoms with van der Waals surface area (Å²) in [5.41, 5.74) is 2.80. The number of para-hydroxylation sites is 2. The van der Waals surface area contributed by atoms with E-state index in [1.165, 1.54) is 0 Å². The lowest BCUT2D eigenvalue weighted by atomic mass is 9.88. The van der Waals surface area contributed by atoms with E-state index < -0.39 is 6.10 Å². The van der Waals surface area contributed by atoms with E-state index in [4.69, 9.17) is 4.74 Å². The summed E-state index contributed by atoms with van der Waals surface area (Å²) in [6.07, 6.45) is -0.459. The molecule has 3 aromatic rings. The van der Waals surface area contributed by atoms with E-state index in [-0.39, 0.29) is 24.3 Å². The second-order valence-electron chi connectivity index (χ2n) is 6.97. The molecule has 146 valence electrons. The summed E-state index contributed by atoms with van der Waals surface area (Å²) in [6.45, 7) is 0.120. The van der Waals surface area contributed by atoms with Crippen LogP contribution in [-0.2, 0) is 9.59 Å². The summed E-state index contributed by atoms with van der Waals surface area (Å²) in [5.74, 6) is 0.168. The minimum atomic E-state index is -0.749. The second-order valence-corrected chi connectivity index (χ2v) is 6.97. The van der Waals surface area contributed by atoms with Crippen LogP contribution in [0.1, 0.15) is 23.5 Å². The molecule has 1 aliphatic heterocycles. The van der Waals surface area contributed by atoms with Gasteiger partial charge in [-0.25, -0.2) is 0 Å². The number of hydrogen-bond acceptors (Lipinski definition) is 3. The molecule has 2 amide bonds. The number of carbonyl (C=O) groups excluding carboxylic acids is 2. The van der Waals surface area contributed by atoms with E-state index in [0.29, 0.717) is 17.9 Å². The van der Waals surface area contributed by atoms with Gasteiger partial charge in [-0.1, -0.05) is 72.8 Å². The number of carbonyl (C=O) groups is 2. The molecule has 5 nitrogen and oxygen atoms in total. The minimum Gasteiger partial charge on any atom is -0.477 e. The molecule has 0 saturated carbocycles. The lowest BCUT2D eigenvalue weighted by Crippen LogP contribution is -2.45. The Hall–Kier alpha value is -3.60. The van der Waals surface area contributed by atoms with Crippen molar-refractivity contribution >= 4 is 17.5 Å². The maximum atomic E-state index is 12.7. The molecular weight excluding hydrogens is 364 g/mol. The fourth-order valence-electron chi connectivity index (χ4n) is 3.49. The van der Waals surface area contributed by atoms with Gasteiger partial charge in [0.25, 0.3) is 5.91 Å². The van der Waals surface area contributed by atoms with Crippen molar-refractivity contribution in [1.29, 1.82) is 0 Å². The molecule has 0 aromatic heterocycles. The topological polar surface area (TPSA) is 67.4 Å². The Kier molecular flexibility index (Phi) is 5.56. The molecule has 0 aliphatic carbocycles. The van der Waals surface area contributed by atoms with Crippen LogP contribution in [0.2, 0.25) is 0 Å². The minimum absolute atomic E-state index is 0.0563. The lowest BCUT2D eigenvalue weighted by molar-refractivity contribution is -0.125. The molecule has 1 aliphatic rings. The first kappa shape index (κ1) is 18.7. The van der Waals surface area contributed by atoms with Gasteiger partial charge in [-0.3, -0.25) is 9.59 Å². The molecule has 0 saturated heterocycles. The van der Waals surface area contributed by atoms with Crippen LogP contribution in [0.15, 0.2) is 84.9 Å². The fourth-order valence-corrected chi connectivity index (χ4v) is 3.49. The number of amides is 2. The maximum Gasteiger partial charge on any atom is 0.267 e. The first-order valence-electron chi connectivity index (χ1n) is 9.64. The van der Waals surface area contributed by atoms with Crippen LogP contribution in [0.25, 0.3) is 0 Å². The number of anilines is 1. The van der Waals surface area contributed by atoms with Crippen LogP contribution in [0, 0.1) is 0 Å². The van der Waals surface area contributed by atoms with Crippen LogP contribution < -0.4 is 15.4 Å². The van der Waals surface area contributed by atoms with Gasteiger partial charge in [-0.15, -0.1) is 0 Å². The van der Waals surface area contributed by atoms with E-state index in [9.17, 15) is 9.59 Å². The van der Waals surface area contributed by atoms with Crippen LogP contribution >= 0.6 is 0 Å². The highest BCUT2D eigenvalue weighted by molar-refractivity contribution is 5.98. The zero-order valence-electron chi connectivity index (χ0n) is 15.9. The van der Waals surface area contributed by atoms with E-state index >= 15 is 0 Å². The molecule has 1 heterocycles. The molecular formula is C24H22N2O3. The van der Waals surface area contributed by atoms with Crippen molar-refractivity contribution in [3.63, 3.8) is 0 Å². The standard InChI is InChI=1S/C24H22N2O3/c27-23(25-16-22-24(28)26-20-13-7-8-14-21(20)29-22)15-19(17-9-3-1-4-10-17)18-11-5-2-6-12-18/h1-14,19,22H,15-16H2,(H,25,27)(H,26,28). The van der Waals surface area contributed by atoms with Gasteiger partial charge in [0.1, 0.15) is 5.75 Å². The Morgan fingerprint density at radius 2 is 1.48 bits per heavy atom. The van der Waals surface area contributed by atoms with Crippen molar-refractivity contribution in [2.24, 2.45) is 0 Å². The summed E-state index contributed by atoms with van der Waals surface area (Å²) in [5, 5.41) is 5.67. The zero-order chi connectivity index (χ0) is 20.1. The molecule has 5 heteroatoms. The quantitative estimate of drug-likeness (QED) is 0.678. The SMILES string of the molecule is O=C(CC(c1ccccc1)c1ccccc1)NCC1Oc2ccccc2NC1=O. The third-order valence-electron chi connectivity index (χ3n) is 4.98. The summed E-state index contributed by atoms with van der Waals surface area (Å²) in [4.78, 5) is 24.9. The number of hydrogen-bond donors (Lipinski definition) is 2. The monoisotopic (exact) mass is 386 g/mol. The maximum absolute atomic E-state index is 12.7. The van der Waals surface area contributed by atoms with Crippen LogP contribution in [0.5, 0.6) is 5.75 Å². The molecule has 4 rings (SSSR count). The second kappa shape index (κ2) is 8.61. The average molecular weight is 386 g/mol. The average Bonchev–Trinajstić information content (AvgIpc) is 2.77. The third kappa shape index (κ3) is 4.46. The van der Waals surface area contributed by atoms with Crippen molar-refractivity contribution in [2.45, 2.75) is 18.4 Å².